The molecule has 4 heteroatoms. The fraction of sp³-hybridized carbons (Fsp3) is 0.250. The molecule has 4 nitrogen and oxygen atoms in total. The van der Waals surface area contributed by atoms with Gasteiger partial charge in [-0.3, -0.25) is 4.79 Å². The second kappa shape index (κ2) is 7.32. The van der Waals surface area contributed by atoms with E-state index in [1.54, 1.807) is 0 Å². The molecule has 124 valence electrons. The van der Waals surface area contributed by atoms with Crippen LogP contribution in [0, 0.1) is 0 Å². The van der Waals surface area contributed by atoms with Crippen LogP contribution >= 0.6 is 0 Å². The van der Waals surface area contributed by atoms with Gasteiger partial charge in [-0.2, -0.15) is 0 Å². The van der Waals surface area contributed by atoms with E-state index in [-0.39, 0.29) is 5.92 Å². The number of aliphatic carboxylic acids is 1. The number of aromatic nitrogens is 1. The number of para-hydroxylation sites is 1. The molecule has 24 heavy (non-hydrogen) atoms. The summed E-state index contributed by atoms with van der Waals surface area (Å²) >= 11 is 0. The first-order valence-corrected chi connectivity index (χ1v) is 8.21. The normalized spacial score (nSPS) is 13.7. The minimum Gasteiger partial charge on any atom is -0.480 e. The van der Waals surface area contributed by atoms with E-state index >= 15 is 0 Å². The Hall–Kier alpha value is -2.59. The molecule has 0 aliphatic carbocycles. The molecule has 0 aliphatic heterocycles. The average molecular weight is 322 g/mol. The third kappa shape index (κ3) is 3.66. The first kappa shape index (κ1) is 16.3. The predicted molar refractivity (Wildman–Crippen MR) is 96.3 cm³/mol. The van der Waals surface area contributed by atoms with Crippen LogP contribution in [0.15, 0.2) is 60.8 Å². The third-order valence-electron chi connectivity index (χ3n) is 4.44. The number of carboxylic acid groups (broad SMARTS) is 1. The Morgan fingerprint density at radius 3 is 2.58 bits per heavy atom. The van der Waals surface area contributed by atoms with Crippen LogP contribution in [0.2, 0.25) is 0 Å². The van der Waals surface area contributed by atoms with Gasteiger partial charge >= 0.3 is 5.97 Å². The van der Waals surface area contributed by atoms with Gasteiger partial charge in [-0.15, -0.1) is 0 Å². The standard InChI is InChI=1S/C20H22N2O2/c1-14(15-7-3-2-4-8-15)12-21-19(20(23)24)11-16-13-22-18-10-6-5-9-17(16)18/h2-10,13-14,19,21-22H,11-12H2,1H3,(H,23,24). The van der Waals surface area contributed by atoms with Gasteiger partial charge in [-0.1, -0.05) is 55.5 Å². The second-order valence-electron chi connectivity index (χ2n) is 6.17. The molecule has 1 heterocycles. The fourth-order valence-electron chi connectivity index (χ4n) is 2.99. The summed E-state index contributed by atoms with van der Waals surface area (Å²) in [5.74, 6) is -0.559. The highest BCUT2D eigenvalue weighted by Gasteiger charge is 2.20. The molecular formula is C20H22N2O2. The molecule has 0 amide bonds. The topological polar surface area (TPSA) is 65.1 Å². The summed E-state index contributed by atoms with van der Waals surface area (Å²) in [6, 6.07) is 17.5. The van der Waals surface area contributed by atoms with Crippen LogP contribution in [0.5, 0.6) is 0 Å². The molecule has 1 aromatic heterocycles. The SMILES string of the molecule is CC(CNC(Cc1c[nH]c2ccccc12)C(=O)O)c1ccccc1. The van der Waals surface area contributed by atoms with Gasteiger partial charge in [0.2, 0.25) is 0 Å². The van der Waals surface area contributed by atoms with Crippen molar-refractivity contribution in [1.29, 1.82) is 0 Å². The minimum atomic E-state index is -0.819. The van der Waals surface area contributed by atoms with Crippen LogP contribution in [-0.4, -0.2) is 28.6 Å². The number of hydrogen-bond acceptors (Lipinski definition) is 2. The maximum atomic E-state index is 11.6. The lowest BCUT2D eigenvalue weighted by atomic mass is 10.00. The van der Waals surface area contributed by atoms with E-state index in [4.69, 9.17) is 0 Å². The molecule has 0 fully saturated rings. The van der Waals surface area contributed by atoms with Crippen LogP contribution in [0.3, 0.4) is 0 Å². The number of rotatable bonds is 7. The monoisotopic (exact) mass is 322 g/mol. The molecular weight excluding hydrogens is 300 g/mol. The van der Waals surface area contributed by atoms with Crippen molar-refractivity contribution in [3.63, 3.8) is 0 Å². The van der Waals surface area contributed by atoms with Gasteiger partial charge < -0.3 is 15.4 Å². The number of benzene rings is 2. The van der Waals surface area contributed by atoms with E-state index in [1.165, 1.54) is 5.56 Å². The smallest absolute Gasteiger partial charge is 0.321 e. The van der Waals surface area contributed by atoms with E-state index < -0.39 is 12.0 Å². The lowest BCUT2D eigenvalue weighted by Gasteiger charge is -2.18. The molecule has 3 N–H and O–H groups in total. The van der Waals surface area contributed by atoms with Crippen molar-refractivity contribution in [3.8, 4) is 0 Å². The van der Waals surface area contributed by atoms with Crippen molar-refractivity contribution in [1.82, 2.24) is 10.3 Å². The van der Waals surface area contributed by atoms with E-state index in [1.807, 2.05) is 48.7 Å². The molecule has 3 aromatic rings. The summed E-state index contributed by atoms with van der Waals surface area (Å²) < 4.78 is 0. The number of fused-ring (bicyclic) bond motifs is 1. The van der Waals surface area contributed by atoms with Gasteiger partial charge in [0.1, 0.15) is 6.04 Å². The summed E-state index contributed by atoms with van der Waals surface area (Å²) in [6.07, 6.45) is 2.36. The van der Waals surface area contributed by atoms with Gasteiger partial charge in [0.15, 0.2) is 0 Å². The highest BCUT2D eigenvalue weighted by Crippen LogP contribution is 2.20. The van der Waals surface area contributed by atoms with E-state index in [0.29, 0.717) is 13.0 Å². The van der Waals surface area contributed by atoms with Crippen LogP contribution in [0.25, 0.3) is 10.9 Å². The minimum absolute atomic E-state index is 0.260. The third-order valence-corrected chi connectivity index (χ3v) is 4.44. The van der Waals surface area contributed by atoms with Crippen LogP contribution < -0.4 is 5.32 Å². The molecule has 3 rings (SSSR count). The summed E-state index contributed by atoms with van der Waals surface area (Å²) in [7, 11) is 0. The maximum absolute atomic E-state index is 11.6. The van der Waals surface area contributed by atoms with Crippen molar-refractivity contribution in [3.05, 3.63) is 71.9 Å². The zero-order chi connectivity index (χ0) is 16.9. The van der Waals surface area contributed by atoms with Crippen molar-refractivity contribution < 1.29 is 9.90 Å². The van der Waals surface area contributed by atoms with Crippen LogP contribution in [0.4, 0.5) is 0 Å². The number of nitrogens with one attached hydrogen (secondary N) is 2. The van der Waals surface area contributed by atoms with E-state index in [2.05, 4.69) is 29.4 Å². The largest absolute Gasteiger partial charge is 0.480 e. The highest BCUT2D eigenvalue weighted by molar-refractivity contribution is 5.84. The van der Waals surface area contributed by atoms with Gasteiger partial charge in [-0.25, -0.2) is 0 Å². The molecule has 2 unspecified atom stereocenters. The first-order valence-electron chi connectivity index (χ1n) is 8.21. The zero-order valence-electron chi connectivity index (χ0n) is 13.7. The van der Waals surface area contributed by atoms with E-state index in [9.17, 15) is 9.90 Å². The van der Waals surface area contributed by atoms with Crippen molar-refractivity contribution in [2.45, 2.75) is 25.3 Å². The Balaban J connectivity index is 1.68. The fourth-order valence-corrected chi connectivity index (χ4v) is 2.99. The Kier molecular flexibility index (Phi) is 4.96. The van der Waals surface area contributed by atoms with Crippen LogP contribution in [-0.2, 0) is 11.2 Å². The lowest BCUT2D eigenvalue weighted by molar-refractivity contribution is -0.139. The molecule has 0 saturated heterocycles. The molecule has 0 saturated carbocycles. The Morgan fingerprint density at radius 1 is 1.12 bits per heavy atom. The van der Waals surface area contributed by atoms with Gasteiger partial charge in [0.25, 0.3) is 0 Å². The summed E-state index contributed by atoms with van der Waals surface area (Å²) in [5, 5.41) is 13.8. The number of carboxylic acids is 1. The van der Waals surface area contributed by atoms with Gasteiger partial charge in [0.05, 0.1) is 0 Å². The Morgan fingerprint density at radius 2 is 1.83 bits per heavy atom. The first-order chi connectivity index (χ1) is 11.6. The Bertz CT molecular complexity index is 811. The van der Waals surface area contributed by atoms with Gasteiger partial charge in [-0.05, 0) is 23.1 Å². The molecule has 0 aliphatic rings. The molecule has 0 bridgehead atoms. The summed E-state index contributed by atoms with van der Waals surface area (Å²) in [4.78, 5) is 14.8. The van der Waals surface area contributed by atoms with Gasteiger partial charge in [0, 0.05) is 30.1 Å². The lowest BCUT2D eigenvalue weighted by Crippen LogP contribution is -2.40. The predicted octanol–water partition coefficient (Wildman–Crippen LogP) is 3.56. The number of aromatic amines is 1. The summed E-state index contributed by atoms with van der Waals surface area (Å²) in [6.45, 7) is 2.73. The molecule has 2 aromatic carbocycles. The van der Waals surface area contributed by atoms with E-state index in [0.717, 1.165) is 16.5 Å². The zero-order valence-corrected chi connectivity index (χ0v) is 13.7. The summed E-state index contributed by atoms with van der Waals surface area (Å²) in [5.41, 5.74) is 3.27. The quantitative estimate of drug-likeness (QED) is 0.623. The molecule has 0 spiro atoms. The molecule has 0 radical (unpaired) electrons. The Labute approximate surface area is 141 Å². The highest BCUT2D eigenvalue weighted by atomic mass is 16.4. The number of carbonyl (C=O) groups is 1. The van der Waals surface area contributed by atoms with Crippen molar-refractivity contribution in [2.75, 3.05) is 6.54 Å². The van der Waals surface area contributed by atoms with Crippen molar-refractivity contribution >= 4 is 16.9 Å². The second-order valence-corrected chi connectivity index (χ2v) is 6.17. The average Bonchev–Trinajstić information content (AvgIpc) is 3.02. The van der Waals surface area contributed by atoms with Crippen LogP contribution in [0.1, 0.15) is 24.0 Å². The maximum Gasteiger partial charge on any atom is 0.321 e. The molecule has 2 atom stereocenters. The number of hydrogen-bond donors (Lipinski definition) is 3. The number of H-pyrrole nitrogens is 1. The van der Waals surface area contributed by atoms with Crippen molar-refractivity contribution in [2.24, 2.45) is 0 Å².